The molecule has 0 amide bonds. The summed E-state index contributed by atoms with van der Waals surface area (Å²) in [5.41, 5.74) is 13.4. The lowest BCUT2D eigenvalue weighted by molar-refractivity contribution is 0.140. The van der Waals surface area contributed by atoms with Crippen molar-refractivity contribution in [1.82, 2.24) is 9.97 Å². The van der Waals surface area contributed by atoms with Crippen molar-refractivity contribution in [2.75, 3.05) is 31.3 Å². The summed E-state index contributed by atoms with van der Waals surface area (Å²) in [6.07, 6.45) is 0.946. The molecule has 3 heterocycles. The molecule has 4 rings (SSSR count). The van der Waals surface area contributed by atoms with Crippen LogP contribution in [0.5, 0.6) is 11.5 Å². The van der Waals surface area contributed by atoms with E-state index in [1.54, 1.807) is 0 Å². The summed E-state index contributed by atoms with van der Waals surface area (Å²) in [4.78, 5) is 8.31. The maximum atomic E-state index is 6.13. The van der Waals surface area contributed by atoms with Gasteiger partial charge in [-0.15, -0.1) is 0 Å². The van der Waals surface area contributed by atoms with E-state index in [0.717, 1.165) is 30.1 Å². The number of ether oxygens (including phenoxy) is 3. The Morgan fingerprint density at radius 2 is 2.14 bits per heavy atom. The van der Waals surface area contributed by atoms with Gasteiger partial charge < -0.3 is 25.7 Å². The summed E-state index contributed by atoms with van der Waals surface area (Å²) >= 11 is 0. The van der Waals surface area contributed by atoms with Crippen LogP contribution in [-0.2, 0) is 4.74 Å². The molecule has 0 saturated carbocycles. The lowest BCUT2D eigenvalue weighted by Gasteiger charge is -2.17. The van der Waals surface area contributed by atoms with E-state index in [4.69, 9.17) is 25.7 Å². The molecule has 2 atom stereocenters. The maximum Gasteiger partial charge on any atom is 0.222 e. The van der Waals surface area contributed by atoms with Crippen molar-refractivity contribution < 1.29 is 14.2 Å². The Labute approximate surface area is 127 Å². The summed E-state index contributed by atoms with van der Waals surface area (Å²) in [5, 5.41) is 0.712. The molecule has 1 unspecified atom stereocenters. The Bertz CT molecular complexity index is 743. The fourth-order valence-corrected chi connectivity index (χ4v) is 3.09. The molecule has 4 N–H and O–H groups in total. The molecule has 1 aromatic heterocycles. The minimum atomic E-state index is 0.0610. The van der Waals surface area contributed by atoms with Gasteiger partial charge in [-0.1, -0.05) is 6.92 Å². The van der Waals surface area contributed by atoms with Crippen LogP contribution in [0.25, 0.3) is 10.9 Å². The highest BCUT2D eigenvalue weighted by molar-refractivity contribution is 5.97. The highest BCUT2D eigenvalue weighted by Crippen LogP contribution is 2.47. The molecule has 22 heavy (non-hydrogen) atoms. The molecule has 1 fully saturated rings. The van der Waals surface area contributed by atoms with Gasteiger partial charge in [-0.2, -0.15) is 4.98 Å². The molecular weight excluding hydrogens is 284 g/mol. The van der Waals surface area contributed by atoms with Crippen molar-refractivity contribution in [1.29, 1.82) is 0 Å². The van der Waals surface area contributed by atoms with Crippen molar-refractivity contribution in [2.24, 2.45) is 0 Å². The van der Waals surface area contributed by atoms with Crippen molar-refractivity contribution in [3.05, 3.63) is 11.6 Å². The number of nitrogens with two attached hydrogens (primary N) is 2. The summed E-state index contributed by atoms with van der Waals surface area (Å²) in [6, 6.07) is 1.88. The van der Waals surface area contributed by atoms with E-state index >= 15 is 0 Å². The number of hydrogen-bond donors (Lipinski definition) is 2. The van der Waals surface area contributed by atoms with E-state index in [-0.39, 0.29) is 18.0 Å². The van der Waals surface area contributed by atoms with Gasteiger partial charge in [0.15, 0.2) is 0 Å². The first-order valence-electron chi connectivity index (χ1n) is 7.40. The number of benzene rings is 1. The third kappa shape index (κ3) is 2.00. The van der Waals surface area contributed by atoms with Gasteiger partial charge in [0.1, 0.15) is 23.4 Å². The minimum Gasteiger partial charge on any atom is -0.492 e. The fraction of sp³-hybridized carbons (Fsp3) is 0.467. The first-order valence-corrected chi connectivity index (χ1v) is 7.40. The molecule has 116 valence electrons. The average Bonchev–Trinajstić information content (AvgIpc) is 3.08. The molecule has 2 aliphatic rings. The van der Waals surface area contributed by atoms with Gasteiger partial charge in [-0.3, -0.25) is 0 Å². The van der Waals surface area contributed by atoms with Gasteiger partial charge >= 0.3 is 0 Å². The van der Waals surface area contributed by atoms with Crippen LogP contribution in [0.2, 0.25) is 0 Å². The van der Waals surface area contributed by atoms with Crippen LogP contribution in [0.15, 0.2) is 6.07 Å². The third-order valence-corrected chi connectivity index (χ3v) is 4.14. The van der Waals surface area contributed by atoms with E-state index in [0.29, 0.717) is 29.9 Å². The smallest absolute Gasteiger partial charge is 0.222 e. The number of rotatable bonds is 2. The molecule has 2 aromatic rings. The van der Waals surface area contributed by atoms with Crippen molar-refractivity contribution in [3.63, 3.8) is 0 Å². The Balaban J connectivity index is 1.90. The van der Waals surface area contributed by atoms with Crippen molar-refractivity contribution in [2.45, 2.75) is 25.4 Å². The molecule has 7 heteroatoms. The minimum absolute atomic E-state index is 0.0610. The zero-order valence-electron chi connectivity index (χ0n) is 12.3. The largest absolute Gasteiger partial charge is 0.492 e. The Kier molecular flexibility index (Phi) is 2.97. The molecule has 2 aliphatic heterocycles. The van der Waals surface area contributed by atoms with Crippen LogP contribution in [0.1, 0.15) is 24.8 Å². The van der Waals surface area contributed by atoms with Gasteiger partial charge in [-0.05, 0) is 0 Å². The molecule has 0 spiro atoms. The van der Waals surface area contributed by atoms with Crippen LogP contribution in [0.3, 0.4) is 0 Å². The molecule has 1 aromatic carbocycles. The number of fused-ring (bicyclic) bond motifs is 3. The van der Waals surface area contributed by atoms with E-state index in [1.165, 1.54) is 0 Å². The van der Waals surface area contributed by atoms with Crippen LogP contribution < -0.4 is 20.9 Å². The van der Waals surface area contributed by atoms with Crippen LogP contribution >= 0.6 is 0 Å². The standard InChI is InChI=1S/C15H18N4O3/c1-7-5-21-13-11(7)10(22-8-2-3-20-6-8)4-9-12(13)14(16)19-15(17)18-9/h4,7-8H,2-3,5-6H2,1H3,(H4,16,17,18,19)/t7?,8-/m0/s1. The SMILES string of the molecule is CC1COc2c1c(O[C@H]1CCOC1)cc1nc(N)nc(N)c21. The first kappa shape index (κ1) is 13.4. The number of hydrogen-bond acceptors (Lipinski definition) is 7. The molecule has 0 aliphatic carbocycles. The van der Waals surface area contributed by atoms with Gasteiger partial charge in [0.25, 0.3) is 0 Å². The second-order valence-corrected chi connectivity index (χ2v) is 5.79. The molecule has 0 radical (unpaired) electrons. The van der Waals surface area contributed by atoms with E-state index in [2.05, 4.69) is 16.9 Å². The lowest BCUT2D eigenvalue weighted by Crippen LogP contribution is -2.17. The number of nitrogen functional groups attached to an aromatic ring is 2. The zero-order chi connectivity index (χ0) is 15.3. The van der Waals surface area contributed by atoms with Crippen molar-refractivity contribution >= 4 is 22.7 Å². The molecule has 0 bridgehead atoms. The Hall–Kier alpha value is -2.28. The quantitative estimate of drug-likeness (QED) is 0.865. The second-order valence-electron chi connectivity index (χ2n) is 5.79. The Morgan fingerprint density at radius 1 is 1.27 bits per heavy atom. The number of anilines is 2. The molecule has 1 saturated heterocycles. The van der Waals surface area contributed by atoms with Gasteiger partial charge in [0.05, 0.1) is 30.7 Å². The average molecular weight is 302 g/mol. The highest BCUT2D eigenvalue weighted by atomic mass is 16.5. The highest BCUT2D eigenvalue weighted by Gasteiger charge is 2.31. The van der Waals surface area contributed by atoms with Gasteiger partial charge in [0.2, 0.25) is 5.95 Å². The summed E-state index contributed by atoms with van der Waals surface area (Å²) in [6.45, 7) is 4.03. The summed E-state index contributed by atoms with van der Waals surface area (Å²) in [5.74, 6) is 2.21. The predicted molar refractivity (Wildman–Crippen MR) is 82.1 cm³/mol. The van der Waals surface area contributed by atoms with Gasteiger partial charge in [0, 0.05) is 24.0 Å². The van der Waals surface area contributed by atoms with E-state index < -0.39 is 0 Å². The van der Waals surface area contributed by atoms with Crippen molar-refractivity contribution in [3.8, 4) is 11.5 Å². The second kappa shape index (κ2) is 4.88. The lowest BCUT2D eigenvalue weighted by atomic mass is 9.99. The third-order valence-electron chi connectivity index (χ3n) is 4.14. The zero-order valence-corrected chi connectivity index (χ0v) is 12.3. The summed E-state index contributed by atoms with van der Waals surface area (Å²) < 4.78 is 17.3. The predicted octanol–water partition coefficient (Wildman–Crippen LogP) is 1.46. The molecular formula is C15H18N4O3. The van der Waals surface area contributed by atoms with Gasteiger partial charge in [-0.25, -0.2) is 4.98 Å². The monoisotopic (exact) mass is 302 g/mol. The number of aromatic nitrogens is 2. The first-order chi connectivity index (χ1) is 10.6. The molecule has 7 nitrogen and oxygen atoms in total. The normalized spacial score (nSPS) is 23.5. The van der Waals surface area contributed by atoms with Crippen LogP contribution in [0.4, 0.5) is 11.8 Å². The maximum absolute atomic E-state index is 6.13. The van der Waals surface area contributed by atoms with E-state index in [9.17, 15) is 0 Å². The van der Waals surface area contributed by atoms with Crippen LogP contribution in [0, 0.1) is 0 Å². The topological polar surface area (TPSA) is 106 Å². The Morgan fingerprint density at radius 3 is 2.91 bits per heavy atom. The summed E-state index contributed by atoms with van der Waals surface area (Å²) in [7, 11) is 0. The van der Waals surface area contributed by atoms with Crippen LogP contribution in [-0.4, -0.2) is 35.9 Å². The fourth-order valence-electron chi connectivity index (χ4n) is 3.09. The number of nitrogens with zero attached hydrogens (tertiary/aromatic N) is 2. The van der Waals surface area contributed by atoms with E-state index in [1.807, 2.05) is 6.07 Å².